The van der Waals surface area contributed by atoms with Gasteiger partial charge in [-0.1, -0.05) is 18.7 Å². The lowest BCUT2D eigenvalue weighted by atomic mass is 10.3. The molecular weight excluding hydrogens is 386 g/mol. The molecule has 0 aliphatic rings. The second kappa shape index (κ2) is 10.4. The van der Waals surface area contributed by atoms with Crippen molar-refractivity contribution in [1.29, 1.82) is 0 Å². The molecule has 3 N–H and O–H groups in total. The molecule has 2 rings (SSSR count). The van der Waals surface area contributed by atoms with E-state index in [1.165, 1.54) is 30.5 Å². The molecule has 150 valence electrons. The first kappa shape index (κ1) is 21.4. The van der Waals surface area contributed by atoms with E-state index in [9.17, 15) is 24.8 Å². The van der Waals surface area contributed by atoms with Crippen molar-refractivity contribution >= 4 is 35.0 Å². The number of nitro groups is 1. The van der Waals surface area contributed by atoms with Crippen LogP contribution in [0.5, 0.6) is 0 Å². The Bertz CT molecular complexity index is 837. The van der Waals surface area contributed by atoms with Crippen molar-refractivity contribution in [2.45, 2.75) is 31.7 Å². The summed E-state index contributed by atoms with van der Waals surface area (Å²) in [7, 11) is 0. The standard InChI is InChI=1S/C17H21N5O5S/c1-2-7-18-15(24)9-21-14(10-23)8-19-17(21)28-11-16(25)20-12-3-5-13(6-4-12)22(26)27/h3-6,8,23H,2,7,9-11H2,1H3,(H,18,24)(H,20,25). The summed E-state index contributed by atoms with van der Waals surface area (Å²) >= 11 is 1.12. The summed E-state index contributed by atoms with van der Waals surface area (Å²) in [5.74, 6) is -0.503. The highest BCUT2D eigenvalue weighted by atomic mass is 32.2. The first-order valence-electron chi connectivity index (χ1n) is 8.53. The van der Waals surface area contributed by atoms with Gasteiger partial charge in [0.1, 0.15) is 6.54 Å². The van der Waals surface area contributed by atoms with Crippen molar-refractivity contribution in [3.63, 3.8) is 0 Å². The number of nitrogens with zero attached hydrogens (tertiary/aromatic N) is 3. The van der Waals surface area contributed by atoms with Crippen LogP contribution in [-0.2, 0) is 22.7 Å². The lowest BCUT2D eigenvalue weighted by Crippen LogP contribution is -2.29. The predicted molar refractivity (Wildman–Crippen MR) is 104 cm³/mol. The number of carbonyl (C=O) groups excluding carboxylic acids is 2. The van der Waals surface area contributed by atoms with E-state index >= 15 is 0 Å². The van der Waals surface area contributed by atoms with Crippen molar-refractivity contribution in [3.05, 3.63) is 46.3 Å². The SMILES string of the molecule is CCCNC(=O)Cn1c(CO)cnc1SCC(=O)Nc1ccc([N+](=O)[O-])cc1. The van der Waals surface area contributed by atoms with Crippen LogP contribution in [0.4, 0.5) is 11.4 Å². The highest BCUT2D eigenvalue weighted by molar-refractivity contribution is 7.99. The number of aliphatic hydroxyl groups excluding tert-OH is 1. The number of carbonyl (C=O) groups is 2. The van der Waals surface area contributed by atoms with Crippen LogP contribution in [-0.4, -0.2) is 43.7 Å². The fourth-order valence-corrected chi connectivity index (χ4v) is 3.06. The van der Waals surface area contributed by atoms with Gasteiger partial charge in [0.2, 0.25) is 11.8 Å². The Balaban J connectivity index is 1.95. The van der Waals surface area contributed by atoms with E-state index in [0.717, 1.165) is 18.2 Å². The van der Waals surface area contributed by atoms with Crippen LogP contribution in [0.3, 0.4) is 0 Å². The van der Waals surface area contributed by atoms with E-state index in [1.54, 1.807) is 4.57 Å². The number of thioether (sulfide) groups is 1. The molecule has 11 heteroatoms. The lowest BCUT2D eigenvalue weighted by molar-refractivity contribution is -0.384. The van der Waals surface area contributed by atoms with Crippen molar-refractivity contribution in [2.75, 3.05) is 17.6 Å². The maximum Gasteiger partial charge on any atom is 0.269 e. The summed E-state index contributed by atoms with van der Waals surface area (Å²) in [4.78, 5) is 38.4. The second-order valence-electron chi connectivity index (χ2n) is 5.77. The number of anilines is 1. The first-order valence-corrected chi connectivity index (χ1v) is 9.52. The number of rotatable bonds is 10. The summed E-state index contributed by atoms with van der Waals surface area (Å²) in [5.41, 5.74) is 0.853. The Morgan fingerprint density at radius 2 is 2.00 bits per heavy atom. The molecule has 10 nitrogen and oxygen atoms in total. The van der Waals surface area contributed by atoms with Gasteiger partial charge < -0.3 is 20.3 Å². The molecule has 28 heavy (non-hydrogen) atoms. The molecule has 0 unspecified atom stereocenters. The van der Waals surface area contributed by atoms with E-state index in [1.807, 2.05) is 6.92 Å². The molecule has 0 radical (unpaired) electrons. The van der Waals surface area contributed by atoms with Crippen molar-refractivity contribution in [3.8, 4) is 0 Å². The van der Waals surface area contributed by atoms with E-state index in [2.05, 4.69) is 15.6 Å². The van der Waals surface area contributed by atoms with E-state index in [0.29, 0.717) is 23.1 Å². The molecule has 2 aromatic rings. The van der Waals surface area contributed by atoms with Gasteiger partial charge in [-0.15, -0.1) is 0 Å². The van der Waals surface area contributed by atoms with Crippen LogP contribution in [0.15, 0.2) is 35.6 Å². The number of aromatic nitrogens is 2. The molecule has 0 fully saturated rings. The van der Waals surface area contributed by atoms with E-state index in [-0.39, 0.29) is 36.4 Å². The van der Waals surface area contributed by atoms with Crippen molar-refractivity contribution in [2.24, 2.45) is 0 Å². The van der Waals surface area contributed by atoms with Crippen molar-refractivity contribution in [1.82, 2.24) is 14.9 Å². The number of aliphatic hydroxyl groups is 1. The van der Waals surface area contributed by atoms with Gasteiger partial charge in [0, 0.05) is 24.4 Å². The van der Waals surface area contributed by atoms with Gasteiger partial charge in [-0.2, -0.15) is 0 Å². The smallest absolute Gasteiger partial charge is 0.269 e. The molecule has 2 amide bonds. The average molecular weight is 407 g/mol. The van der Waals surface area contributed by atoms with Crippen LogP contribution in [0.1, 0.15) is 19.0 Å². The highest BCUT2D eigenvalue weighted by Gasteiger charge is 2.15. The third-order valence-electron chi connectivity index (χ3n) is 3.63. The molecule has 0 saturated heterocycles. The quantitative estimate of drug-likeness (QED) is 0.308. The molecule has 1 aromatic heterocycles. The van der Waals surface area contributed by atoms with E-state index in [4.69, 9.17) is 0 Å². The zero-order valence-corrected chi connectivity index (χ0v) is 16.1. The van der Waals surface area contributed by atoms with Crippen LogP contribution >= 0.6 is 11.8 Å². The Morgan fingerprint density at radius 3 is 2.61 bits per heavy atom. The van der Waals surface area contributed by atoms with Crippen molar-refractivity contribution < 1.29 is 19.6 Å². The normalized spacial score (nSPS) is 10.5. The third kappa shape index (κ3) is 6.06. The minimum atomic E-state index is -0.517. The van der Waals surface area contributed by atoms with Gasteiger partial charge in [0.15, 0.2) is 5.16 Å². The van der Waals surface area contributed by atoms with Crippen LogP contribution in [0.25, 0.3) is 0 Å². The average Bonchev–Trinajstić information content (AvgIpc) is 3.06. The second-order valence-corrected chi connectivity index (χ2v) is 6.71. The van der Waals surface area contributed by atoms with E-state index < -0.39 is 4.92 Å². The monoisotopic (exact) mass is 407 g/mol. The van der Waals surface area contributed by atoms with Gasteiger partial charge in [0.05, 0.1) is 29.2 Å². The van der Waals surface area contributed by atoms with Gasteiger partial charge >= 0.3 is 0 Å². The van der Waals surface area contributed by atoms with Gasteiger partial charge in [0.25, 0.3) is 5.69 Å². The maximum atomic E-state index is 12.1. The number of hydrogen-bond acceptors (Lipinski definition) is 7. The molecule has 1 heterocycles. The number of amides is 2. The molecule has 0 spiro atoms. The zero-order chi connectivity index (χ0) is 20.5. The molecule has 0 aliphatic heterocycles. The molecule has 0 saturated carbocycles. The Kier molecular flexibility index (Phi) is 7.96. The molecule has 0 aliphatic carbocycles. The number of imidazole rings is 1. The largest absolute Gasteiger partial charge is 0.390 e. The minimum Gasteiger partial charge on any atom is -0.390 e. The van der Waals surface area contributed by atoms with Crippen LogP contribution < -0.4 is 10.6 Å². The molecular formula is C17H21N5O5S. The summed E-state index contributed by atoms with van der Waals surface area (Å²) < 4.78 is 1.56. The fourth-order valence-electron chi connectivity index (χ4n) is 2.26. The highest BCUT2D eigenvalue weighted by Crippen LogP contribution is 2.20. The Hall–Kier alpha value is -2.92. The summed E-state index contributed by atoms with van der Waals surface area (Å²) in [6, 6.07) is 5.50. The predicted octanol–water partition coefficient (Wildman–Crippen LogP) is 1.54. The summed E-state index contributed by atoms with van der Waals surface area (Å²) in [6.07, 6.45) is 2.27. The minimum absolute atomic E-state index is 0.00218. The fraction of sp³-hybridized carbons (Fsp3) is 0.353. The molecule has 0 atom stereocenters. The van der Waals surface area contributed by atoms with Crippen LogP contribution in [0, 0.1) is 10.1 Å². The van der Waals surface area contributed by atoms with Crippen LogP contribution in [0.2, 0.25) is 0 Å². The lowest BCUT2D eigenvalue weighted by Gasteiger charge is -2.11. The van der Waals surface area contributed by atoms with Gasteiger partial charge in [-0.25, -0.2) is 4.98 Å². The number of nitro benzene ring substituents is 1. The number of nitrogens with one attached hydrogen (secondary N) is 2. The maximum absolute atomic E-state index is 12.1. The van der Waals surface area contributed by atoms with Gasteiger partial charge in [-0.3, -0.25) is 19.7 Å². The third-order valence-corrected chi connectivity index (χ3v) is 4.62. The first-order chi connectivity index (χ1) is 13.4. The Labute approximate surface area is 165 Å². The number of benzene rings is 1. The number of hydrogen-bond donors (Lipinski definition) is 3. The zero-order valence-electron chi connectivity index (χ0n) is 15.3. The summed E-state index contributed by atoms with van der Waals surface area (Å²) in [6.45, 7) is 2.23. The number of non-ortho nitro benzene ring substituents is 1. The molecule has 0 bridgehead atoms. The summed E-state index contributed by atoms with van der Waals surface area (Å²) in [5, 5.41) is 25.9. The molecule has 1 aromatic carbocycles. The van der Waals surface area contributed by atoms with Gasteiger partial charge in [-0.05, 0) is 18.6 Å². The Morgan fingerprint density at radius 1 is 1.29 bits per heavy atom. The topological polar surface area (TPSA) is 139 Å².